The molecule has 0 atom stereocenters. The van der Waals surface area contributed by atoms with Crippen molar-refractivity contribution in [1.82, 2.24) is 9.80 Å². The second-order valence-electron chi connectivity index (χ2n) is 6.10. The van der Waals surface area contributed by atoms with Gasteiger partial charge < -0.3 is 10.1 Å². The minimum atomic E-state index is -4.84. The van der Waals surface area contributed by atoms with E-state index in [4.69, 9.17) is 0 Å². The fourth-order valence-corrected chi connectivity index (χ4v) is 2.30. The van der Waals surface area contributed by atoms with Crippen LogP contribution in [0.15, 0.2) is 24.3 Å². The number of hydrogen-bond donors (Lipinski definition) is 1. The standard InChI is InChI=1S/C16H16F3N3O5/c1-9(2)7-21-13(24)14(25)22(15(21)26)8-12(23)20-10-3-5-11(6-4-10)27-16(17,18)19/h3-6,9H,7-8H2,1-2H3,(H,20,23). The maximum atomic E-state index is 12.1. The largest absolute Gasteiger partial charge is 0.573 e. The van der Waals surface area contributed by atoms with Gasteiger partial charge in [-0.25, -0.2) is 9.69 Å². The van der Waals surface area contributed by atoms with E-state index in [-0.39, 0.29) is 18.2 Å². The van der Waals surface area contributed by atoms with Crippen molar-refractivity contribution in [2.45, 2.75) is 20.2 Å². The highest BCUT2D eigenvalue weighted by Gasteiger charge is 2.45. The van der Waals surface area contributed by atoms with Crippen molar-refractivity contribution in [2.75, 3.05) is 18.4 Å². The summed E-state index contributed by atoms with van der Waals surface area (Å²) in [4.78, 5) is 49.1. The molecule has 0 aromatic heterocycles. The number of halogens is 3. The van der Waals surface area contributed by atoms with E-state index < -0.39 is 42.4 Å². The van der Waals surface area contributed by atoms with Crippen molar-refractivity contribution in [1.29, 1.82) is 0 Å². The number of anilines is 1. The van der Waals surface area contributed by atoms with E-state index in [1.165, 1.54) is 0 Å². The van der Waals surface area contributed by atoms with Gasteiger partial charge in [-0.05, 0) is 30.2 Å². The molecule has 0 unspecified atom stereocenters. The zero-order valence-electron chi connectivity index (χ0n) is 14.4. The second kappa shape index (κ2) is 7.64. The van der Waals surface area contributed by atoms with Crippen LogP contribution in [0.5, 0.6) is 5.75 Å². The molecule has 11 heteroatoms. The van der Waals surface area contributed by atoms with Crippen molar-refractivity contribution in [2.24, 2.45) is 5.92 Å². The van der Waals surface area contributed by atoms with Crippen LogP contribution in [0.25, 0.3) is 0 Å². The van der Waals surface area contributed by atoms with Gasteiger partial charge in [0.15, 0.2) is 0 Å². The molecule has 0 saturated carbocycles. The van der Waals surface area contributed by atoms with E-state index in [1.807, 2.05) is 0 Å². The fourth-order valence-electron chi connectivity index (χ4n) is 2.30. The molecule has 0 radical (unpaired) electrons. The smallest absolute Gasteiger partial charge is 0.406 e. The molecule has 0 bridgehead atoms. The lowest BCUT2D eigenvalue weighted by atomic mass is 10.2. The number of imide groups is 2. The van der Waals surface area contributed by atoms with E-state index in [1.54, 1.807) is 13.8 Å². The van der Waals surface area contributed by atoms with Crippen LogP contribution < -0.4 is 10.1 Å². The fraction of sp³-hybridized carbons (Fsp3) is 0.375. The van der Waals surface area contributed by atoms with Gasteiger partial charge in [-0.3, -0.25) is 19.3 Å². The third-order valence-corrected chi connectivity index (χ3v) is 3.36. The van der Waals surface area contributed by atoms with Gasteiger partial charge in [-0.15, -0.1) is 13.2 Å². The molecular weight excluding hydrogens is 371 g/mol. The van der Waals surface area contributed by atoms with Crippen LogP contribution in [-0.4, -0.2) is 53.0 Å². The molecule has 1 N–H and O–H groups in total. The van der Waals surface area contributed by atoms with Gasteiger partial charge in [-0.2, -0.15) is 0 Å². The number of rotatable bonds is 6. The van der Waals surface area contributed by atoms with Crippen molar-refractivity contribution in [3.05, 3.63) is 24.3 Å². The first-order valence-electron chi connectivity index (χ1n) is 7.81. The van der Waals surface area contributed by atoms with Crippen molar-refractivity contribution in [3.63, 3.8) is 0 Å². The molecule has 1 aromatic carbocycles. The molecule has 8 nitrogen and oxygen atoms in total. The molecule has 1 aromatic rings. The normalized spacial score (nSPS) is 15.0. The molecule has 146 valence electrons. The quantitative estimate of drug-likeness (QED) is 0.595. The second-order valence-corrected chi connectivity index (χ2v) is 6.10. The van der Waals surface area contributed by atoms with Crippen molar-refractivity contribution < 1.29 is 37.1 Å². The van der Waals surface area contributed by atoms with E-state index in [9.17, 15) is 32.3 Å². The summed E-state index contributed by atoms with van der Waals surface area (Å²) in [7, 11) is 0. The van der Waals surface area contributed by atoms with Crippen LogP contribution >= 0.6 is 0 Å². The van der Waals surface area contributed by atoms with Crippen LogP contribution in [0.1, 0.15) is 13.8 Å². The summed E-state index contributed by atoms with van der Waals surface area (Å²) in [6.07, 6.45) is -4.84. The summed E-state index contributed by atoms with van der Waals surface area (Å²) in [6, 6.07) is 3.40. The first-order chi connectivity index (χ1) is 12.5. The Hall–Kier alpha value is -3.11. The first-order valence-corrected chi connectivity index (χ1v) is 7.81. The number of alkyl halides is 3. The number of ether oxygens (including phenoxy) is 1. The zero-order chi connectivity index (χ0) is 20.4. The van der Waals surface area contributed by atoms with Gasteiger partial charge in [0.1, 0.15) is 12.3 Å². The molecule has 1 aliphatic heterocycles. The molecule has 27 heavy (non-hydrogen) atoms. The third-order valence-electron chi connectivity index (χ3n) is 3.36. The molecular formula is C16H16F3N3O5. The predicted octanol–water partition coefficient (Wildman–Crippen LogP) is 1.97. The van der Waals surface area contributed by atoms with Crippen molar-refractivity contribution in [3.8, 4) is 5.75 Å². The summed E-state index contributed by atoms with van der Waals surface area (Å²) in [5.41, 5.74) is 0.124. The number of urea groups is 1. The number of nitrogens with zero attached hydrogens (tertiary/aromatic N) is 2. The van der Waals surface area contributed by atoms with E-state index in [0.29, 0.717) is 4.90 Å². The average Bonchev–Trinajstić information content (AvgIpc) is 2.73. The predicted molar refractivity (Wildman–Crippen MR) is 85.4 cm³/mol. The molecule has 1 saturated heterocycles. The number of carbonyl (C=O) groups is 4. The zero-order valence-corrected chi connectivity index (χ0v) is 14.4. The lowest BCUT2D eigenvalue weighted by Gasteiger charge is -2.17. The highest BCUT2D eigenvalue weighted by atomic mass is 19.4. The SMILES string of the molecule is CC(C)CN1C(=O)C(=O)N(CC(=O)Nc2ccc(OC(F)(F)F)cc2)C1=O. The van der Waals surface area contributed by atoms with Crippen molar-refractivity contribution >= 4 is 29.4 Å². The Bertz CT molecular complexity index is 762. The maximum absolute atomic E-state index is 12.1. The molecule has 0 spiro atoms. The van der Waals surface area contributed by atoms with Crippen LogP contribution in [0.2, 0.25) is 0 Å². The van der Waals surface area contributed by atoms with E-state index >= 15 is 0 Å². The Morgan fingerprint density at radius 2 is 1.63 bits per heavy atom. The Morgan fingerprint density at radius 3 is 2.15 bits per heavy atom. The Balaban J connectivity index is 1.98. The molecule has 1 fully saturated rings. The third kappa shape index (κ3) is 5.19. The van der Waals surface area contributed by atoms with Crippen LogP contribution in [0.3, 0.4) is 0 Å². The van der Waals surface area contributed by atoms with Gasteiger partial charge in [0, 0.05) is 12.2 Å². The number of nitrogens with one attached hydrogen (secondary N) is 1. The number of hydrogen-bond acceptors (Lipinski definition) is 5. The Kier molecular flexibility index (Phi) is 5.72. The summed E-state index contributed by atoms with van der Waals surface area (Å²) < 4.78 is 40.0. The Morgan fingerprint density at radius 1 is 1.07 bits per heavy atom. The van der Waals surface area contributed by atoms with E-state index in [2.05, 4.69) is 10.1 Å². The van der Waals surface area contributed by atoms with Gasteiger partial charge in [0.05, 0.1) is 0 Å². The minimum absolute atomic E-state index is 0.0438. The summed E-state index contributed by atoms with van der Waals surface area (Å²) in [5, 5.41) is 2.32. The molecule has 0 aliphatic carbocycles. The minimum Gasteiger partial charge on any atom is -0.406 e. The molecule has 1 heterocycles. The van der Waals surface area contributed by atoms with Gasteiger partial charge in [-0.1, -0.05) is 13.8 Å². The lowest BCUT2D eigenvalue weighted by Crippen LogP contribution is -2.39. The number of benzene rings is 1. The van der Waals surface area contributed by atoms with E-state index in [0.717, 1.165) is 29.2 Å². The Labute approximate surface area is 151 Å². The van der Waals surface area contributed by atoms with Crippen LogP contribution in [0, 0.1) is 5.92 Å². The number of carbonyl (C=O) groups excluding carboxylic acids is 4. The van der Waals surface area contributed by atoms with Crippen LogP contribution in [0.4, 0.5) is 23.7 Å². The van der Waals surface area contributed by atoms with Crippen LogP contribution in [-0.2, 0) is 14.4 Å². The number of amides is 5. The summed E-state index contributed by atoms with van der Waals surface area (Å²) in [5.74, 6) is -3.43. The lowest BCUT2D eigenvalue weighted by molar-refractivity contribution is -0.274. The van der Waals surface area contributed by atoms with Gasteiger partial charge in [0.2, 0.25) is 5.91 Å². The first kappa shape index (κ1) is 20.2. The topological polar surface area (TPSA) is 96.0 Å². The highest BCUT2D eigenvalue weighted by Crippen LogP contribution is 2.24. The van der Waals surface area contributed by atoms with Gasteiger partial charge in [0.25, 0.3) is 0 Å². The monoisotopic (exact) mass is 387 g/mol. The summed E-state index contributed by atoms with van der Waals surface area (Å²) >= 11 is 0. The maximum Gasteiger partial charge on any atom is 0.573 e. The summed E-state index contributed by atoms with van der Waals surface area (Å²) in [6.45, 7) is 2.86. The highest BCUT2D eigenvalue weighted by molar-refractivity contribution is 6.45. The average molecular weight is 387 g/mol. The molecule has 2 rings (SSSR count). The molecule has 1 aliphatic rings. The molecule has 5 amide bonds. The van der Waals surface area contributed by atoms with Gasteiger partial charge >= 0.3 is 24.2 Å².